The lowest BCUT2D eigenvalue weighted by molar-refractivity contribution is -0.123. The number of carbonyl (C=O) groups excluding carboxylic acids is 1. The highest BCUT2D eigenvalue weighted by Crippen LogP contribution is 1.96. The van der Waals surface area contributed by atoms with Crippen LogP contribution in [0, 0.1) is 0 Å². The Kier molecular flexibility index (Phi) is 11.6. The van der Waals surface area contributed by atoms with Gasteiger partial charge in [-0.2, -0.15) is 0 Å². The summed E-state index contributed by atoms with van der Waals surface area (Å²) in [6.07, 6.45) is 2.76. The lowest BCUT2D eigenvalue weighted by Crippen LogP contribution is -2.43. The summed E-state index contributed by atoms with van der Waals surface area (Å²) in [5, 5.41) is 12.0. The predicted molar refractivity (Wildman–Crippen MR) is 64.1 cm³/mol. The highest BCUT2D eigenvalue weighted by molar-refractivity contribution is 5.85. The second-order valence-electron chi connectivity index (χ2n) is 3.58. The van der Waals surface area contributed by atoms with Crippen molar-refractivity contribution in [1.29, 1.82) is 0 Å². The standard InChI is InChI=1S/C10H22N2O2.ClH/c1-3-5-8(13)7-12-10(14)9(11)6-4-2;/h8-9,13H,3-7,11H2,1-2H3,(H,12,14);1H. The van der Waals surface area contributed by atoms with Crippen LogP contribution in [-0.2, 0) is 4.79 Å². The summed E-state index contributed by atoms with van der Waals surface area (Å²) in [5.74, 6) is -0.165. The number of nitrogens with one attached hydrogen (secondary N) is 1. The van der Waals surface area contributed by atoms with Crippen molar-refractivity contribution in [3.05, 3.63) is 0 Å². The highest BCUT2D eigenvalue weighted by Gasteiger charge is 2.12. The molecule has 0 bridgehead atoms. The van der Waals surface area contributed by atoms with Crippen LogP contribution in [0.25, 0.3) is 0 Å². The zero-order chi connectivity index (χ0) is 11.0. The molecule has 2 atom stereocenters. The number of halogens is 1. The van der Waals surface area contributed by atoms with Crippen LogP contribution in [0.4, 0.5) is 0 Å². The normalized spacial score (nSPS) is 13.9. The lowest BCUT2D eigenvalue weighted by atomic mass is 10.1. The first-order chi connectivity index (χ1) is 6.61. The maximum Gasteiger partial charge on any atom is 0.237 e. The van der Waals surface area contributed by atoms with Gasteiger partial charge in [0, 0.05) is 6.54 Å². The zero-order valence-corrected chi connectivity index (χ0v) is 10.3. The molecule has 0 aromatic heterocycles. The number of hydrogen-bond donors (Lipinski definition) is 3. The molecule has 0 rings (SSSR count). The molecule has 1 amide bonds. The maximum atomic E-state index is 11.3. The van der Waals surface area contributed by atoms with E-state index < -0.39 is 12.1 Å². The van der Waals surface area contributed by atoms with Crippen molar-refractivity contribution in [3.8, 4) is 0 Å². The fraction of sp³-hybridized carbons (Fsp3) is 0.900. The quantitative estimate of drug-likeness (QED) is 0.615. The van der Waals surface area contributed by atoms with E-state index in [1.807, 2.05) is 13.8 Å². The number of amides is 1. The van der Waals surface area contributed by atoms with Crippen molar-refractivity contribution >= 4 is 18.3 Å². The monoisotopic (exact) mass is 238 g/mol. The van der Waals surface area contributed by atoms with Crippen molar-refractivity contribution in [2.24, 2.45) is 5.73 Å². The van der Waals surface area contributed by atoms with Gasteiger partial charge in [-0.15, -0.1) is 12.4 Å². The van der Waals surface area contributed by atoms with Crippen molar-refractivity contribution < 1.29 is 9.90 Å². The second-order valence-corrected chi connectivity index (χ2v) is 3.58. The minimum Gasteiger partial charge on any atom is -0.391 e. The Morgan fingerprint density at radius 1 is 1.33 bits per heavy atom. The van der Waals surface area contributed by atoms with Crippen LogP contribution in [0.1, 0.15) is 39.5 Å². The number of rotatable bonds is 7. The molecule has 0 heterocycles. The molecular formula is C10H23ClN2O2. The summed E-state index contributed by atoms with van der Waals surface area (Å²) in [5.41, 5.74) is 5.59. The van der Waals surface area contributed by atoms with E-state index in [-0.39, 0.29) is 18.3 Å². The third-order valence-corrected chi connectivity index (χ3v) is 2.07. The summed E-state index contributed by atoms with van der Waals surface area (Å²) in [4.78, 5) is 11.3. The fourth-order valence-electron chi connectivity index (χ4n) is 1.23. The molecule has 0 spiro atoms. The fourth-order valence-corrected chi connectivity index (χ4v) is 1.23. The van der Waals surface area contributed by atoms with E-state index in [1.54, 1.807) is 0 Å². The van der Waals surface area contributed by atoms with Crippen molar-refractivity contribution in [1.82, 2.24) is 5.32 Å². The van der Waals surface area contributed by atoms with E-state index in [2.05, 4.69) is 5.32 Å². The molecule has 5 heteroatoms. The largest absolute Gasteiger partial charge is 0.391 e. The van der Waals surface area contributed by atoms with E-state index in [0.29, 0.717) is 19.4 Å². The molecule has 4 N–H and O–H groups in total. The van der Waals surface area contributed by atoms with Gasteiger partial charge < -0.3 is 16.2 Å². The van der Waals surface area contributed by atoms with Crippen molar-refractivity contribution in [2.45, 2.75) is 51.7 Å². The Hall–Kier alpha value is -0.320. The van der Waals surface area contributed by atoms with Gasteiger partial charge in [0.2, 0.25) is 5.91 Å². The number of aliphatic hydroxyl groups excluding tert-OH is 1. The smallest absolute Gasteiger partial charge is 0.237 e. The minimum absolute atomic E-state index is 0. The SMILES string of the molecule is CCCC(O)CNC(=O)C(N)CCC.Cl. The molecule has 0 aliphatic carbocycles. The van der Waals surface area contributed by atoms with Gasteiger partial charge in [0.1, 0.15) is 0 Å². The number of aliphatic hydroxyl groups is 1. The summed E-state index contributed by atoms with van der Waals surface area (Å²) < 4.78 is 0. The van der Waals surface area contributed by atoms with Gasteiger partial charge in [-0.3, -0.25) is 4.79 Å². The Bertz CT molecular complexity index is 168. The molecule has 92 valence electrons. The number of hydrogen-bond acceptors (Lipinski definition) is 3. The molecule has 0 saturated heterocycles. The second kappa shape index (κ2) is 10.2. The molecular weight excluding hydrogens is 216 g/mol. The van der Waals surface area contributed by atoms with E-state index in [4.69, 9.17) is 5.73 Å². The van der Waals surface area contributed by atoms with Gasteiger partial charge in [-0.25, -0.2) is 0 Å². The van der Waals surface area contributed by atoms with Crippen LogP contribution in [0.3, 0.4) is 0 Å². The van der Waals surface area contributed by atoms with E-state index in [9.17, 15) is 9.90 Å². The summed E-state index contributed by atoms with van der Waals surface area (Å²) >= 11 is 0. The molecule has 0 aromatic rings. The van der Waals surface area contributed by atoms with Crippen molar-refractivity contribution in [2.75, 3.05) is 6.54 Å². The van der Waals surface area contributed by atoms with Gasteiger partial charge >= 0.3 is 0 Å². The molecule has 2 unspecified atom stereocenters. The van der Waals surface area contributed by atoms with Gasteiger partial charge in [-0.05, 0) is 12.8 Å². The lowest BCUT2D eigenvalue weighted by Gasteiger charge is -2.14. The molecule has 4 nitrogen and oxygen atoms in total. The number of nitrogens with two attached hydrogens (primary N) is 1. The predicted octanol–water partition coefficient (Wildman–Crippen LogP) is 0.813. The van der Waals surface area contributed by atoms with Crippen LogP contribution in [0.2, 0.25) is 0 Å². The van der Waals surface area contributed by atoms with Crippen LogP contribution in [0.5, 0.6) is 0 Å². The molecule has 0 fully saturated rings. The van der Waals surface area contributed by atoms with Crippen LogP contribution >= 0.6 is 12.4 Å². The molecule has 0 aliphatic heterocycles. The topological polar surface area (TPSA) is 75.3 Å². The minimum atomic E-state index is -0.447. The Morgan fingerprint density at radius 2 is 1.87 bits per heavy atom. The molecule has 0 aliphatic rings. The van der Waals surface area contributed by atoms with Gasteiger partial charge in [0.15, 0.2) is 0 Å². The highest BCUT2D eigenvalue weighted by atomic mass is 35.5. The van der Waals surface area contributed by atoms with Crippen LogP contribution in [-0.4, -0.2) is 29.7 Å². The summed E-state index contributed by atoms with van der Waals surface area (Å²) in [7, 11) is 0. The Balaban J connectivity index is 0. The molecule has 0 radical (unpaired) electrons. The third-order valence-electron chi connectivity index (χ3n) is 2.07. The van der Waals surface area contributed by atoms with Crippen LogP contribution in [0.15, 0.2) is 0 Å². The summed E-state index contributed by atoms with van der Waals surface area (Å²) in [6, 6.07) is -0.436. The first-order valence-electron chi connectivity index (χ1n) is 5.33. The molecule has 0 aromatic carbocycles. The third kappa shape index (κ3) is 8.66. The van der Waals surface area contributed by atoms with Gasteiger partial charge in [0.05, 0.1) is 12.1 Å². The molecule has 0 saturated carbocycles. The van der Waals surface area contributed by atoms with E-state index >= 15 is 0 Å². The van der Waals surface area contributed by atoms with Gasteiger partial charge in [0.25, 0.3) is 0 Å². The average Bonchev–Trinajstić information content (AvgIpc) is 2.15. The Labute approximate surface area is 98.0 Å². The first kappa shape index (κ1) is 17.1. The average molecular weight is 239 g/mol. The van der Waals surface area contributed by atoms with E-state index in [0.717, 1.165) is 12.8 Å². The first-order valence-corrected chi connectivity index (χ1v) is 5.33. The van der Waals surface area contributed by atoms with Crippen LogP contribution < -0.4 is 11.1 Å². The summed E-state index contributed by atoms with van der Waals surface area (Å²) in [6.45, 7) is 4.29. The Morgan fingerprint density at radius 3 is 2.33 bits per heavy atom. The maximum absolute atomic E-state index is 11.3. The molecule has 15 heavy (non-hydrogen) atoms. The van der Waals surface area contributed by atoms with E-state index in [1.165, 1.54) is 0 Å². The number of carbonyl (C=O) groups is 1. The van der Waals surface area contributed by atoms with Gasteiger partial charge in [-0.1, -0.05) is 26.7 Å². The zero-order valence-electron chi connectivity index (χ0n) is 9.53. The van der Waals surface area contributed by atoms with Crippen molar-refractivity contribution in [3.63, 3.8) is 0 Å².